The highest BCUT2D eigenvalue weighted by atomic mass is 16.5. The van der Waals surface area contributed by atoms with Gasteiger partial charge >= 0.3 is 5.97 Å². The number of benzene rings is 2. The van der Waals surface area contributed by atoms with Crippen molar-refractivity contribution in [2.45, 2.75) is 26.2 Å². The molecule has 2 aromatic rings. The van der Waals surface area contributed by atoms with Gasteiger partial charge in [0.25, 0.3) is 0 Å². The van der Waals surface area contributed by atoms with Crippen LogP contribution in [0.1, 0.15) is 28.2 Å². The maximum Gasteiger partial charge on any atom is 0.311 e. The molecular weight excluding hydrogens is 264 g/mol. The molecule has 0 fully saturated rings. The van der Waals surface area contributed by atoms with Crippen LogP contribution < -0.4 is 4.74 Å². The number of ether oxygens (including phenoxy) is 1. The third-order valence-corrected chi connectivity index (χ3v) is 3.89. The van der Waals surface area contributed by atoms with Crippen molar-refractivity contribution in [3.63, 3.8) is 0 Å². The first kappa shape index (κ1) is 15.1. The van der Waals surface area contributed by atoms with E-state index in [-0.39, 0.29) is 0 Å². The van der Waals surface area contributed by atoms with Gasteiger partial charge in [-0.3, -0.25) is 4.79 Å². The van der Waals surface area contributed by atoms with E-state index in [4.69, 9.17) is 4.74 Å². The first-order valence-corrected chi connectivity index (χ1v) is 6.95. The van der Waals surface area contributed by atoms with E-state index in [1.807, 2.05) is 56.3 Å². The Bertz CT molecular complexity index is 632. The molecule has 0 radical (unpaired) electrons. The molecule has 0 aliphatic heterocycles. The first-order chi connectivity index (χ1) is 10.0. The SMILES string of the molecule is COc1c(CC(C(=O)O)c2ccccc2)ccc(C)c1C. The van der Waals surface area contributed by atoms with E-state index in [0.717, 1.165) is 28.0 Å². The van der Waals surface area contributed by atoms with Crippen molar-refractivity contribution in [1.82, 2.24) is 0 Å². The number of aliphatic carboxylic acids is 1. The van der Waals surface area contributed by atoms with Crippen LogP contribution in [-0.2, 0) is 11.2 Å². The second kappa shape index (κ2) is 6.44. The summed E-state index contributed by atoms with van der Waals surface area (Å²) >= 11 is 0. The highest BCUT2D eigenvalue weighted by molar-refractivity contribution is 5.76. The zero-order chi connectivity index (χ0) is 15.4. The van der Waals surface area contributed by atoms with E-state index in [9.17, 15) is 9.90 Å². The lowest BCUT2D eigenvalue weighted by molar-refractivity contribution is -0.138. The molecule has 2 aromatic carbocycles. The van der Waals surface area contributed by atoms with Gasteiger partial charge in [0, 0.05) is 0 Å². The fraction of sp³-hybridized carbons (Fsp3) is 0.278. The zero-order valence-electron chi connectivity index (χ0n) is 12.6. The molecule has 110 valence electrons. The minimum Gasteiger partial charge on any atom is -0.496 e. The average Bonchev–Trinajstić information content (AvgIpc) is 2.49. The summed E-state index contributed by atoms with van der Waals surface area (Å²) in [6.45, 7) is 4.02. The Labute approximate surface area is 125 Å². The average molecular weight is 284 g/mol. The van der Waals surface area contributed by atoms with E-state index < -0.39 is 11.9 Å². The summed E-state index contributed by atoms with van der Waals surface area (Å²) in [4.78, 5) is 11.6. The number of rotatable bonds is 5. The minimum atomic E-state index is -0.818. The third kappa shape index (κ3) is 3.24. The van der Waals surface area contributed by atoms with Gasteiger partial charge in [-0.25, -0.2) is 0 Å². The van der Waals surface area contributed by atoms with Crippen LogP contribution in [0.25, 0.3) is 0 Å². The molecule has 21 heavy (non-hydrogen) atoms. The molecular formula is C18H20O3. The smallest absolute Gasteiger partial charge is 0.311 e. The van der Waals surface area contributed by atoms with Crippen LogP contribution in [0.4, 0.5) is 0 Å². The molecule has 0 amide bonds. The molecule has 0 heterocycles. The van der Waals surface area contributed by atoms with Crippen LogP contribution in [0, 0.1) is 13.8 Å². The molecule has 0 aromatic heterocycles. The molecule has 0 aliphatic rings. The van der Waals surface area contributed by atoms with Gasteiger partial charge < -0.3 is 9.84 Å². The predicted molar refractivity (Wildman–Crippen MR) is 83.0 cm³/mol. The Morgan fingerprint density at radius 2 is 1.81 bits per heavy atom. The summed E-state index contributed by atoms with van der Waals surface area (Å²) < 4.78 is 5.48. The van der Waals surface area contributed by atoms with Crippen LogP contribution >= 0.6 is 0 Å². The van der Waals surface area contributed by atoms with Gasteiger partial charge in [-0.15, -0.1) is 0 Å². The van der Waals surface area contributed by atoms with Crippen molar-refractivity contribution in [2.75, 3.05) is 7.11 Å². The zero-order valence-corrected chi connectivity index (χ0v) is 12.6. The molecule has 2 rings (SSSR count). The monoisotopic (exact) mass is 284 g/mol. The van der Waals surface area contributed by atoms with E-state index in [0.29, 0.717) is 6.42 Å². The second-order valence-electron chi connectivity index (χ2n) is 5.21. The predicted octanol–water partition coefficient (Wildman–Crippen LogP) is 3.72. The normalized spacial score (nSPS) is 12.0. The van der Waals surface area contributed by atoms with Gasteiger partial charge in [0.1, 0.15) is 5.75 Å². The lowest BCUT2D eigenvalue weighted by Crippen LogP contribution is -2.15. The van der Waals surface area contributed by atoms with Crippen LogP contribution in [0.3, 0.4) is 0 Å². The van der Waals surface area contributed by atoms with Crippen LogP contribution in [0.2, 0.25) is 0 Å². The van der Waals surface area contributed by atoms with Crippen LogP contribution in [-0.4, -0.2) is 18.2 Å². The third-order valence-electron chi connectivity index (χ3n) is 3.89. The number of methoxy groups -OCH3 is 1. The van der Waals surface area contributed by atoms with E-state index >= 15 is 0 Å². The Morgan fingerprint density at radius 1 is 1.14 bits per heavy atom. The van der Waals surface area contributed by atoms with Crippen LogP contribution in [0.15, 0.2) is 42.5 Å². The van der Waals surface area contributed by atoms with Gasteiger partial charge in [0.15, 0.2) is 0 Å². The number of hydrogen-bond donors (Lipinski definition) is 1. The van der Waals surface area contributed by atoms with Crippen molar-refractivity contribution in [3.8, 4) is 5.75 Å². The first-order valence-electron chi connectivity index (χ1n) is 6.95. The molecule has 0 saturated carbocycles. The quantitative estimate of drug-likeness (QED) is 0.910. The molecule has 3 nitrogen and oxygen atoms in total. The van der Waals surface area contributed by atoms with Crippen molar-refractivity contribution < 1.29 is 14.6 Å². The van der Waals surface area contributed by atoms with E-state index in [1.54, 1.807) is 7.11 Å². The Balaban J connectivity index is 2.39. The fourth-order valence-corrected chi connectivity index (χ4v) is 2.54. The summed E-state index contributed by atoms with van der Waals surface area (Å²) in [5.41, 5.74) is 3.94. The summed E-state index contributed by atoms with van der Waals surface area (Å²) in [6.07, 6.45) is 0.420. The molecule has 0 saturated heterocycles. The molecule has 1 atom stereocenters. The fourth-order valence-electron chi connectivity index (χ4n) is 2.54. The summed E-state index contributed by atoms with van der Waals surface area (Å²) in [7, 11) is 1.63. The number of carboxylic acid groups (broad SMARTS) is 1. The van der Waals surface area contributed by atoms with Crippen LogP contribution in [0.5, 0.6) is 5.75 Å². The highest BCUT2D eigenvalue weighted by Crippen LogP contribution is 2.31. The maximum absolute atomic E-state index is 11.6. The summed E-state index contributed by atoms with van der Waals surface area (Å²) in [5.74, 6) is -0.596. The molecule has 0 aliphatic carbocycles. The lowest BCUT2D eigenvalue weighted by Gasteiger charge is -2.17. The van der Waals surface area contributed by atoms with Crippen molar-refractivity contribution in [1.29, 1.82) is 0 Å². The van der Waals surface area contributed by atoms with E-state index in [1.165, 1.54) is 0 Å². The highest BCUT2D eigenvalue weighted by Gasteiger charge is 2.22. The van der Waals surface area contributed by atoms with Gasteiger partial charge in [0.2, 0.25) is 0 Å². The molecule has 0 spiro atoms. The number of carboxylic acids is 1. The maximum atomic E-state index is 11.6. The second-order valence-corrected chi connectivity index (χ2v) is 5.21. The van der Waals surface area contributed by atoms with Crippen molar-refractivity contribution in [2.24, 2.45) is 0 Å². The Kier molecular flexibility index (Phi) is 4.63. The summed E-state index contributed by atoms with van der Waals surface area (Å²) in [6, 6.07) is 13.3. The number of carbonyl (C=O) groups is 1. The molecule has 0 bridgehead atoms. The minimum absolute atomic E-state index is 0.420. The largest absolute Gasteiger partial charge is 0.496 e. The van der Waals surface area contributed by atoms with E-state index in [2.05, 4.69) is 0 Å². The lowest BCUT2D eigenvalue weighted by atomic mass is 9.90. The van der Waals surface area contributed by atoms with Gasteiger partial charge in [-0.2, -0.15) is 0 Å². The van der Waals surface area contributed by atoms with Crippen molar-refractivity contribution in [3.05, 3.63) is 64.7 Å². The Hall–Kier alpha value is -2.29. The van der Waals surface area contributed by atoms with Crippen molar-refractivity contribution >= 4 is 5.97 Å². The standard InChI is InChI=1S/C18H20O3/c1-12-9-10-15(17(21-3)13(12)2)11-16(18(19)20)14-7-5-4-6-8-14/h4-10,16H,11H2,1-3H3,(H,19,20). The molecule has 1 unspecified atom stereocenters. The Morgan fingerprint density at radius 3 is 2.38 bits per heavy atom. The molecule has 3 heteroatoms. The van der Waals surface area contributed by atoms with Gasteiger partial charge in [0.05, 0.1) is 13.0 Å². The summed E-state index contributed by atoms with van der Waals surface area (Å²) in [5, 5.41) is 9.53. The topological polar surface area (TPSA) is 46.5 Å². The van der Waals surface area contributed by atoms with Gasteiger partial charge in [-0.05, 0) is 42.5 Å². The number of aryl methyl sites for hydroxylation is 1. The molecule has 1 N–H and O–H groups in total. The number of hydrogen-bond acceptors (Lipinski definition) is 2. The van der Waals surface area contributed by atoms with Gasteiger partial charge in [-0.1, -0.05) is 42.5 Å².